The van der Waals surface area contributed by atoms with E-state index in [0.717, 1.165) is 47.2 Å². The average Bonchev–Trinajstić information content (AvgIpc) is 3.25. The summed E-state index contributed by atoms with van der Waals surface area (Å²) < 4.78 is 32.0. The van der Waals surface area contributed by atoms with E-state index < -0.39 is 16.1 Å². The van der Waals surface area contributed by atoms with Crippen molar-refractivity contribution in [1.29, 1.82) is 0 Å². The number of rotatable bonds is 5. The fraction of sp³-hybridized carbons (Fsp3) is 0.333. The predicted octanol–water partition coefficient (Wildman–Crippen LogP) is 3.19. The van der Waals surface area contributed by atoms with Gasteiger partial charge in [0.1, 0.15) is 5.82 Å². The van der Waals surface area contributed by atoms with E-state index in [0.29, 0.717) is 18.1 Å². The first kappa shape index (κ1) is 21.6. The average molecular weight is 462 g/mol. The summed E-state index contributed by atoms with van der Waals surface area (Å²) in [5.41, 5.74) is 2.39. The second-order valence-electron chi connectivity index (χ2n) is 7.60. The minimum Gasteiger partial charge on any atom is -0.301 e. The Balaban J connectivity index is 1.62. The van der Waals surface area contributed by atoms with Crippen LogP contribution in [-0.4, -0.2) is 46.1 Å². The van der Waals surface area contributed by atoms with Crippen molar-refractivity contribution in [2.75, 3.05) is 13.1 Å². The van der Waals surface area contributed by atoms with E-state index >= 15 is 0 Å². The highest BCUT2D eigenvalue weighted by Gasteiger charge is 2.25. The van der Waals surface area contributed by atoms with Gasteiger partial charge in [0, 0.05) is 48.4 Å². The van der Waals surface area contributed by atoms with E-state index in [1.54, 1.807) is 10.8 Å². The number of carbonyl (C=O) groups is 1. The summed E-state index contributed by atoms with van der Waals surface area (Å²) in [6, 6.07) is 7.57. The van der Waals surface area contributed by atoms with Crippen molar-refractivity contribution in [1.82, 2.24) is 23.4 Å². The highest BCUT2D eigenvalue weighted by atomic mass is 35.5. The molecule has 0 aliphatic carbocycles. The summed E-state index contributed by atoms with van der Waals surface area (Å²) in [6.07, 6.45) is 7.36. The molecule has 1 saturated heterocycles. The standard InChI is InChI=1S/C21H24ClN5O3S/c1-15-18(7-9-20(28)24-31(29,30)26-11-4-3-5-12-26)21(25(2)23-15)27-13-10-16-14-17(22)6-8-19(16)27/h6-10,13-14H,3-5,11-12H2,1-2H3,(H,24,28)/b9-7+. The molecule has 164 valence electrons. The number of amides is 1. The largest absolute Gasteiger partial charge is 0.304 e. The van der Waals surface area contributed by atoms with Crippen LogP contribution in [0, 0.1) is 6.92 Å². The van der Waals surface area contributed by atoms with E-state index in [9.17, 15) is 13.2 Å². The molecular weight excluding hydrogens is 438 g/mol. The van der Waals surface area contributed by atoms with E-state index in [1.165, 1.54) is 10.4 Å². The maximum Gasteiger partial charge on any atom is 0.304 e. The molecule has 0 spiro atoms. The number of nitrogens with zero attached hydrogens (tertiary/aromatic N) is 4. The molecule has 8 nitrogen and oxygen atoms in total. The number of piperidine rings is 1. The normalized spacial score (nSPS) is 15.7. The van der Waals surface area contributed by atoms with Gasteiger partial charge in [0.25, 0.3) is 5.91 Å². The maximum atomic E-state index is 12.4. The minimum absolute atomic E-state index is 0.433. The first-order valence-electron chi connectivity index (χ1n) is 10.1. The number of nitrogens with one attached hydrogen (secondary N) is 1. The summed E-state index contributed by atoms with van der Waals surface area (Å²) in [4.78, 5) is 12.4. The molecule has 1 amide bonds. The Kier molecular flexibility index (Phi) is 5.92. The Morgan fingerprint density at radius 2 is 1.94 bits per heavy atom. The van der Waals surface area contributed by atoms with Crippen molar-refractivity contribution in [3.63, 3.8) is 0 Å². The quantitative estimate of drug-likeness (QED) is 0.591. The molecule has 3 aromatic rings. The Hall–Kier alpha value is -2.62. The van der Waals surface area contributed by atoms with Crippen LogP contribution in [-0.2, 0) is 22.1 Å². The molecule has 0 atom stereocenters. The lowest BCUT2D eigenvalue weighted by Gasteiger charge is -2.25. The number of hydrogen-bond donors (Lipinski definition) is 1. The van der Waals surface area contributed by atoms with Crippen LogP contribution in [0.4, 0.5) is 0 Å². The molecule has 4 rings (SSSR count). The van der Waals surface area contributed by atoms with Crippen molar-refractivity contribution in [2.24, 2.45) is 7.05 Å². The number of aryl methyl sites for hydroxylation is 2. The Morgan fingerprint density at radius 3 is 2.68 bits per heavy atom. The third kappa shape index (κ3) is 4.39. The third-order valence-corrected chi connectivity index (χ3v) is 7.14. The number of carbonyl (C=O) groups excluding carboxylic acids is 1. The summed E-state index contributed by atoms with van der Waals surface area (Å²) in [5.74, 6) is 0.0710. The van der Waals surface area contributed by atoms with Crippen molar-refractivity contribution >= 4 is 44.7 Å². The smallest absolute Gasteiger partial charge is 0.301 e. The highest BCUT2D eigenvalue weighted by molar-refractivity contribution is 7.87. The summed E-state index contributed by atoms with van der Waals surface area (Å²) in [7, 11) is -2.01. The Morgan fingerprint density at radius 1 is 1.19 bits per heavy atom. The monoisotopic (exact) mass is 461 g/mol. The zero-order valence-corrected chi connectivity index (χ0v) is 18.9. The van der Waals surface area contributed by atoms with E-state index in [2.05, 4.69) is 9.82 Å². The fourth-order valence-electron chi connectivity index (χ4n) is 3.93. The van der Waals surface area contributed by atoms with Gasteiger partial charge >= 0.3 is 10.2 Å². The van der Waals surface area contributed by atoms with Crippen molar-refractivity contribution in [2.45, 2.75) is 26.2 Å². The molecule has 0 saturated carbocycles. The van der Waals surface area contributed by atoms with Crippen LogP contribution < -0.4 is 4.72 Å². The highest BCUT2D eigenvalue weighted by Crippen LogP contribution is 2.27. The van der Waals surface area contributed by atoms with E-state index in [1.807, 2.05) is 49.0 Å². The first-order chi connectivity index (χ1) is 14.8. The van der Waals surface area contributed by atoms with Crippen LogP contribution in [0.1, 0.15) is 30.5 Å². The molecule has 0 radical (unpaired) electrons. The van der Waals surface area contributed by atoms with E-state index in [-0.39, 0.29) is 0 Å². The summed E-state index contributed by atoms with van der Waals surface area (Å²) in [5, 5.41) is 6.11. The molecule has 0 unspecified atom stereocenters. The van der Waals surface area contributed by atoms with Gasteiger partial charge in [-0.25, -0.2) is 4.72 Å². The SMILES string of the molecule is Cc1nn(C)c(-n2ccc3cc(Cl)ccc32)c1/C=C/C(=O)NS(=O)(=O)N1CCCCC1. The van der Waals surface area contributed by atoms with Crippen LogP contribution in [0.15, 0.2) is 36.5 Å². The molecule has 1 aliphatic rings. The van der Waals surface area contributed by atoms with Gasteiger partial charge in [0.15, 0.2) is 0 Å². The lowest BCUT2D eigenvalue weighted by atomic mass is 10.2. The van der Waals surface area contributed by atoms with Gasteiger partial charge in [-0.05, 0) is 50.1 Å². The number of fused-ring (bicyclic) bond motifs is 1. The van der Waals surface area contributed by atoms with Crippen molar-refractivity contribution in [3.05, 3.63) is 52.8 Å². The number of aromatic nitrogens is 3. The summed E-state index contributed by atoms with van der Waals surface area (Å²) >= 11 is 6.10. The zero-order chi connectivity index (χ0) is 22.2. The van der Waals surface area contributed by atoms with Gasteiger partial charge in [-0.3, -0.25) is 9.48 Å². The number of benzene rings is 1. The van der Waals surface area contributed by atoms with E-state index in [4.69, 9.17) is 11.6 Å². The van der Waals surface area contributed by atoms with Gasteiger partial charge in [-0.15, -0.1) is 0 Å². The lowest BCUT2D eigenvalue weighted by molar-refractivity contribution is -0.114. The van der Waals surface area contributed by atoms with Crippen LogP contribution in [0.3, 0.4) is 0 Å². The van der Waals surface area contributed by atoms with Crippen LogP contribution in [0.2, 0.25) is 5.02 Å². The minimum atomic E-state index is -3.83. The molecule has 1 fully saturated rings. The topological polar surface area (TPSA) is 89.2 Å². The van der Waals surface area contributed by atoms with Crippen LogP contribution >= 0.6 is 11.6 Å². The Labute approximate surface area is 186 Å². The molecule has 10 heteroatoms. The molecular formula is C21H24ClN5O3S. The van der Waals surface area contributed by atoms with Gasteiger partial charge in [0.05, 0.1) is 11.2 Å². The molecule has 1 aliphatic heterocycles. The molecule has 2 aromatic heterocycles. The zero-order valence-electron chi connectivity index (χ0n) is 17.4. The van der Waals surface area contributed by atoms with Gasteiger partial charge in [-0.1, -0.05) is 18.0 Å². The summed E-state index contributed by atoms with van der Waals surface area (Å²) in [6.45, 7) is 2.71. The Bertz CT molecular complexity index is 1270. The third-order valence-electron chi connectivity index (χ3n) is 5.40. The molecule has 0 bridgehead atoms. The van der Waals surface area contributed by atoms with Crippen LogP contribution in [0.5, 0.6) is 0 Å². The van der Waals surface area contributed by atoms with Gasteiger partial charge in [-0.2, -0.15) is 17.8 Å². The molecule has 3 heterocycles. The molecule has 31 heavy (non-hydrogen) atoms. The van der Waals surface area contributed by atoms with Crippen LogP contribution in [0.25, 0.3) is 22.8 Å². The second kappa shape index (κ2) is 8.49. The van der Waals surface area contributed by atoms with Gasteiger partial charge in [0.2, 0.25) is 0 Å². The molecule has 1 aromatic carbocycles. The number of hydrogen-bond acceptors (Lipinski definition) is 4. The fourth-order valence-corrected chi connectivity index (χ4v) is 5.30. The van der Waals surface area contributed by atoms with Crippen molar-refractivity contribution in [3.8, 4) is 5.82 Å². The maximum absolute atomic E-state index is 12.4. The molecule has 1 N–H and O–H groups in total. The number of halogens is 1. The lowest BCUT2D eigenvalue weighted by Crippen LogP contribution is -2.45. The van der Waals surface area contributed by atoms with Crippen molar-refractivity contribution < 1.29 is 13.2 Å². The predicted molar refractivity (Wildman–Crippen MR) is 121 cm³/mol. The second-order valence-corrected chi connectivity index (χ2v) is 9.71. The first-order valence-corrected chi connectivity index (χ1v) is 11.9. The van der Waals surface area contributed by atoms with Gasteiger partial charge < -0.3 is 4.57 Å².